The van der Waals surface area contributed by atoms with Crippen molar-refractivity contribution in [2.24, 2.45) is 0 Å². The summed E-state index contributed by atoms with van der Waals surface area (Å²) in [6, 6.07) is 0. The molecule has 2 unspecified atom stereocenters. The highest BCUT2D eigenvalue weighted by Crippen LogP contribution is 2.52. The lowest BCUT2D eigenvalue weighted by Crippen LogP contribution is -2.40. The van der Waals surface area contributed by atoms with Crippen LogP contribution in [0.3, 0.4) is 0 Å². The number of fused-ring (bicyclic) bond motifs is 1. The van der Waals surface area contributed by atoms with Crippen molar-refractivity contribution in [3.8, 4) is 0 Å². The van der Waals surface area contributed by atoms with Gasteiger partial charge in [0.25, 0.3) is 0 Å². The average Bonchev–Trinajstić information content (AvgIpc) is 2.67. The van der Waals surface area contributed by atoms with Gasteiger partial charge in [-0.05, 0) is 27.7 Å². The molecule has 17 heavy (non-hydrogen) atoms. The van der Waals surface area contributed by atoms with E-state index in [1.807, 2.05) is 27.7 Å². The fraction of sp³-hybridized carbons (Fsp3) is 0.727. The zero-order valence-corrected chi connectivity index (χ0v) is 12.7. The Hall–Kier alpha value is 0.150. The highest BCUT2D eigenvalue weighted by Gasteiger charge is 2.53. The molecule has 0 bridgehead atoms. The number of ether oxygens (including phenoxy) is 2. The van der Waals surface area contributed by atoms with Crippen molar-refractivity contribution in [2.75, 3.05) is 6.61 Å². The summed E-state index contributed by atoms with van der Waals surface area (Å²) < 4.78 is 12.1. The molecule has 6 heteroatoms. The highest BCUT2D eigenvalue weighted by molar-refractivity contribution is 7.76. The molecule has 3 nitrogen and oxygen atoms in total. The van der Waals surface area contributed by atoms with Crippen molar-refractivity contribution in [3.63, 3.8) is 0 Å². The average molecular weight is 292 g/mol. The quantitative estimate of drug-likeness (QED) is 0.867. The Morgan fingerprint density at radius 3 is 2.59 bits per heavy atom. The van der Waals surface area contributed by atoms with Crippen molar-refractivity contribution in [3.05, 3.63) is 12.9 Å². The minimum Gasteiger partial charge on any atom is -0.373 e. The van der Waals surface area contributed by atoms with Crippen molar-refractivity contribution in [1.82, 2.24) is 0 Å². The van der Waals surface area contributed by atoms with E-state index in [1.54, 1.807) is 0 Å². The van der Waals surface area contributed by atoms with Crippen molar-refractivity contribution in [1.29, 1.82) is 0 Å². The van der Waals surface area contributed by atoms with Gasteiger partial charge in [0.1, 0.15) is 14.8 Å². The van der Waals surface area contributed by atoms with Gasteiger partial charge in [-0.25, -0.2) is 0 Å². The van der Waals surface area contributed by atoms with E-state index < -0.39 is 17.5 Å². The standard InChI is InChI=1S/C11H16O3S3/c1-5-13-6(2)11(12)8-7(10(3,4)14-11)16-9(15)17-8/h6,12H,5H2,1-4H3. The third-order valence-electron chi connectivity index (χ3n) is 2.83. The van der Waals surface area contributed by atoms with Gasteiger partial charge in [0, 0.05) is 6.61 Å². The van der Waals surface area contributed by atoms with Crippen LogP contribution in [0.25, 0.3) is 0 Å². The lowest BCUT2D eigenvalue weighted by Gasteiger charge is -2.31. The third-order valence-corrected chi connectivity index (χ3v) is 5.89. The molecule has 0 saturated carbocycles. The monoisotopic (exact) mass is 292 g/mol. The molecule has 1 aromatic rings. The number of hydrogen-bond acceptors (Lipinski definition) is 6. The normalized spacial score (nSPS) is 28.1. The van der Waals surface area contributed by atoms with E-state index in [0.29, 0.717) is 6.61 Å². The largest absolute Gasteiger partial charge is 0.373 e. The first-order valence-electron chi connectivity index (χ1n) is 5.50. The predicted molar refractivity (Wildman–Crippen MR) is 72.1 cm³/mol. The van der Waals surface area contributed by atoms with Gasteiger partial charge in [0.2, 0.25) is 5.79 Å². The van der Waals surface area contributed by atoms with Gasteiger partial charge in [-0.15, -0.1) is 22.7 Å². The Labute approximate surface area is 114 Å². The Bertz CT molecular complexity index is 477. The van der Waals surface area contributed by atoms with Gasteiger partial charge in [-0.2, -0.15) is 0 Å². The SMILES string of the molecule is CCOC(C)C1(O)OC(C)(C)c2sc(=S)sc21. The van der Waals surface area contributed by atoms with E-state index in [-0.39, 0.29) is 0 Å². The zero-order chi connectivity index (χ0) is 12.8. The second-order valence-electron chi connectivity index (χ2n) is 4.52. The predicted octanol–water partition coefficient (Wildman–Crippen LogP) is 3.37. The molecule has 1 aliphatic rings. The highest BCUT2D eigenvalue weighted by atomic mass is 32.2. The molecular weight excluding hydrogens is 276 g/mol. The fourth-order valence-corrected chi connectivity index (χ4v) is 4.99. The van der Waals surface area contributed by atoms with E-state index in [4.69, 9.17) is 21.7 Å². The van der Waals surface area contributed by atoms with Crippen LogP contribution in [-0.4, -0.2) is 17.8 Å². The maximum Gasteiger partial charge on any atom is 0.230 e. The van der Waals surface area contributed by atoms with E-state index in [1.165, 1.54) is 22.7 Å². The van der Waals surface area contributed by atoms with Crippen LogP contribution in [0, 0.1) is 3.14 Å². The summed E-state index contributed by atoms with van der Waals surface area (Å²) in [4.78, 5) is 1.82. The second kappa shape index (κ2) is 4.36. The van der Waals surface area contributed by atoms with E-state index in [2.05, 4.69) is 0 Å². The molecule has 0 saturated heterocycles. The van der Waals surface area contributed by atoms with Crippen LogP contribution in [0.4, 0.5) is 0 Å². The molecule has 1 aromatic heterocycles. The number of aliphatic hydroxyl groups is 1. The molecule has 0 radical (unpaired) electrons. The van der Waals surface area contributed by atoms with Crippen LogP contribution < -0.4 is 0 Å². The third kappa shape index (κ3) is 2.11. The lowest BCUT2D eigenvalue weighted by molar-refractivity contribution is -0.296. The Morgan fingerprint density at radius 1 is 1.41 bits per heavy atom. The van der Waals surface area contributed by atoms with E-state index in [9.17, 15) is 5.11 Å². The minimum absolute atomic E-state index is 0.409. The maximum absolute atomic E-state index is 10.7. The molecule has 0 aromatic carbocycles. The summed E-state index contributed by atoms with van der Waals surface area (Å²) in [5.74, 6) is -1.37. The maximum atomic E-state index is 10.7. The molecule has 2 heterocycles. The van der Waals surface area contributed by atoms with Crippen LogP contribution >= 0.6 is 34.9 Å². The molecule has 2 atom stereocenters. The van der Waals surface area contributed by atoms with Gasteiger partial charge in [0.05, 0.1) is 9.75 Å². The number of hydrogen-bond donors (Lipinski definition) is 1. The molecule has 0 spiro atoms. The van der Waals surface area contributed by atoms with E-state index >= 15 is 0 Å². The van der Waals surface area contributed by atoms with Crippen LogP contribution in [0.5, 0.6) is 0 Å². The summed E-state index contributed by atoms with van der Waals surface area (Å²) in [7, 11) is 0. The topological polar surface area (TPSA) is 38.7 Å². The van der Waals surface area contributed by atoms with Gasteiger partial charge < -0.3 is 14.6 Å². The summed E-state index contributed by atoms with van der Waals surface area (Å²) >= 11 is 8.14. The van der Waals surface area contributed by atoms with Gasteiger partial charge in [-0.1, -0.05) is 12.2 Å². The molecule has 0 amide bonds. The minimum atomic E-state index is -1.37. The van der Waals surface area contributed by atoms with Crippen molar-refractivity contribution in [2.45, 2.75) is 45.2 Å². The molecule has 1 N–H and O–H groups in total. The molecule has 2 rings (SSSR count). The smallest absolute Gasteiger partial charge is 0.230 e. The first-order valence-corrected chi connectivity index (χ1v) is 7.54. The first-order chi connectivity index (χ1) is 7.81. The fourth-order valence-electron chi connectivity index (χ4n) is 2.02. The second-order valence-corrected chi connectivity index (χ2v) is 7.74. The van der Waals surface area contributed by atoms with Crippen LogP contribution in [0.1, 0.15) is 37.4 Å². The Kier molecular flexibility index (Phi) is 3.48. The molecule has 0 aliphatic carbocycles. The van der Waals surface area contributed by atoms with Gasteiger partial charge in [0.15, 0.2) is 0 Å². The summed E-state index contributed by atoms with van der Waals surface area (Å²) in [6.45, 7) is 8.15. The van der Waals surface area contributed by atoms with E-state index in [0.717, 1.165) is 12.9 Å². The van der Waals surface area contributed by atoms with Crippen LogP contribution in [0.15, 0.2) is 0 Å². The molecular formula is C11H16O3S3. The Balaban J connectivity index is 2.49. The van der Waals surface area contributed by atoms with Crippen molar-refractivity contribution < 1.29 is 14.6 Å². The summed E-state index contributed by atoms with van der Waals surface area (Å²) in [5, 5.41) is 10.7. The zero-order valence-electron chi connectivity index (χ0n) is 10.3. The molecule has 1 aliphatic heterocycles. The molecule has 96 valence electrons. The Morgan fingerprint density at radius 2 is 2.00 bits per heavy atom. The van der Waals surface area contributed by atoms with Crippen LogP contribution in [0.2, 0.25) is 0 Å². The van der Waals surface area contributed by atoms with Crippen LogP contribution in [-0.2, 0) is 20.9 Å². The van der Waals surface area contributed by atoms with Crippen molar-refractivity contribution >= 4 is 34.9 Å². The van der Waals surface area contributed by atoms with Gasteiger partial charge in [-0.3, -0.25) is 0 Å². The molecule has 0 fully saturated rings. The first kappa shape index (κ1) is 13.6. The van der Waals surface area contributed by atoms with Gasteiger partial charge >= 0.3 is 0 Å². The summed E-state index contributed by atoms with van der Waals surface area (Å²) in [6.07, 6.45) is -0.409. The lowest BCUT2D eigenvalue weighted by atomic mass is 10.1. The summed E-state index contributed by atoms with van der Waals surface area (Å²) in [5.41, 5.74) is -0.506. The number of rotatable bonds is 3.